The SMILES string of the molecule is O=C(OCc1ccccc1)N1CC(O)CC(CN(Cc2ccccc2)Cc2ccccc2)C1. The lowest BCUT2D eigenvalue weighted by atomic mass is 9.95. The summed E-state index contributed by atoms with van der Waals surface area (Å²) in [5, 5.41) is 10.5. The summed E-state index contributed by atoms with van der Waals surface area (Å²) in [4.78, 5) is 16.8. The molecule has 3 aromatic carbocycles. The Bertz CT molecular complexity index is 940. The van der Waals surface area contributed by atoms with Gasteiger partial charge in [-0.15, -0.1) is 0 Å². The van der Waals surface area contributed by atoms with Crippen molar-refractivity contribution in [2.24, 2.45) is 5.92 Å². The van der Waals surface area contributed by atoms with Gasteiger partial charge in [-0.2, -0.15) is 0 Å². The fourth-order valence-electron chi connectivity index (χ4n) is 4.50. The molecule has 1 N–H and O–H groups in total. The van der Waals surface area contributed by atoms with Crippen molar-refractivity contribution in [1.82, 2.24) is 9.80 Å². The summed E-state index contributed by atoms with van der Waals surface area (Å²) in [6.07, 6.45) is -0.216. The minimum Gasteiger partial charge on any atom is -0.445 e. The zero-order valence-corrected chi connectivity index (χ0v) is 18.9. The van der Waals surface area contributed by atoms with Gasteiger partial charge in [0.05, 0.1) is 6.10 Å². The molecule has 1 amide bonds. The minimum absolute atomic E-state index is 0.172. The Hall–Kier alpha value is -3.15. The van der Waals surface area contributed by atoms with Gasteiger partial charge in [-0.25, -0.2) is 4.79 Å². The first kappa shape index (κ1) is 23.0. The summed E-state index contributed by atoms with van der Waals surface area (Å²) in [7, 11) is 0. The minimum atomic E-state index is -0.539. The number of carbonyl (C=O) groups is 1. The molecular weight excluding hydrogens is 412 g/mol. The molecule has 0 saturated carbocycles. The molecule has 2 atom stereocenters. The largest absolute Gasteiger partial charge is 0.445 e. The van der Waals surface area contributed by atoms with Gasteiger partial charge in [0.25, 0.3) is 0 Å². The first-order valence-electron chi connectivity index (χ1n) is 11.6. The molecule has 0 aliphatic carbocycles. The van der Waals surface area contributed by atoms with Crippen molar-refractivity contribution in [3.63, 3.8) is 0 Å². The number of nitrogens with zero attached hydrogens (tertiary/aromatic N) is 2. The number of piperidine rings is 1. The lowest BCUT2D eigenvalue weighted by Crippen LogP contribution is -2.49. The monoisotopic (exact) mass is 444 g/mol. The highest BCUT2D eigenvalue weighted by Crippen LogP contribution is 2.22. The van der Waals surface area contributed by atoms with E-state index >= 15 is 0 Å². The van der Waals surface area contributed by atoms with Crippen LogP contribution in [0.1, 0.15) is 23.1 Å². The highest BCUT2D eigenvalue weighted by Gasteiger charge is 2.31. The number of likely N-dealkylation sites (tertiary alicyclic amines) is 1. The van der Waals surface area contributed by atoms with Gasteiger partial charge in [0.1, 0.15) is 6.61 Å². The van der Waals surface area contributed by atoms with Crippen LogP contribution in [0.5, 0.6) is 0 Å². The molecule has 0 aromatic heterocycles. The summed E-state index contributed by atoms with van der Waals surface area (Å²) in [6, 6.07) is 30.5. The number of amides is 1. The van der Waals surface area contributed by atoms with E-state index in [1.807, 2.05) is 42.5 Å². The van der Waals surface area contributed by atoms with E-state index in [4.69, 9.17) is 4.74 Å². The molecule has 1 aliphatic rings. The maximum Gasteiger partial charge on any atom is 0.410 e. The van der Waals surface area contributed by atoms with Crippen molar-refractivity contribution in [2.45, 2.75) is 32.2 Å². The van der Waals surface area contributed by atoms with Crippen molar-refractivity contribution in [3.8, 4) is 0 Å². The van der Waals surface area contributed by atoms with E-state index in [2.05, 4.69) is 53.4 Å². The number of carbonyl (C=O) groups excluding carboxylic acids is 1. The number of aliphatic hydroxyl groups excluding tert-OH is 1. The molecule has 4 rings (SSSR count). The zero-order valence-electron chi connectivity index (χ0n) is 18.9. The van der Waals surface area contributed by atoms with Crippen LogP contribution in [-0.2, 0) is 24.4 Å². The van der Waals surface area contributed by atoms with E-state index in [0.29, 0.717) is 19.5 Å². The van der Waals surface area contributed by atoms with Crippen LogP contribution < -0.4 is 0 Å². The molecule has 0 spiro atoms. The maximum atomic E-state index is 12.7. The van der Waals surface area contributed by atoms with Crippen LogP contribution in [0.15, 0.2) is 91.0 Å². The van der Waals surface area contributed by atoms with Crippen LogP contribution in [-0.4, -0.2) is 46.7 Å². The van der Waals surface area contributed by atoms with E-state index in [1.54, 1.807) is 4.90 Å². The highest BCUT2D eigenvalue weighted by molar-refractivity contribution is 5.67. The van der Waals surface area contributed by atoms with Gasteiger partial charge in [-0.05, 0) is 29.0 Å². The second-order valence-corrected chi connectivity index (χ2v) is 8.84. The Morgan fingerprint density at radius 2 is 1.33 bits per heavy atom. The van der Waals surface area contributed by atoms with Crippen LogP contribution in [0.2, 0.25) is 0 Å². The Labute approximate surface area is 196 Å². The second kappa shape index (κ2) is 11.6. The first-order valence-corrected chi connectivity index (χ1v) is 11.6. The van der Waals surface area contributed by atoms with Gasteiger partial charge in [0.2, 0.25) is 0 Å². The number of β-amino-alcohol motifs (C(OH)–C–C–N with tert-alkyl or cyclic N) is 1. The maximum absolute atomic E-state index is 12.7. The number of hydrogen-bond donors (Lipinski definition) is 1. The molecule has 1 fully saturated rings. The van der Waals surface area contributed by atoms with Crippen LogP contribution in [0, 0.1) is 5.92 Å². The van der Waals surface area contributed by atoms with E-state index < -0.39 is 6.10 Å². The van der Waals surface area contributed by atoms with Crippen molar-refractivity contribution in [3.05, 3.63) is 108 Å². The first-order chi connectivity index (χ1) is 16.2. The predicted octanol–water partition coefficient (Wildman–Crippen LogP) is 4.71. The molecule has 33 heavy (non-hydrogen) atoms. The van der Waals surface area contributed by atoms with E-state index in [-0.39, 0.29) is 18.6 Å². The lowest BCUT2D eigenvalue weighted by molar-refractivity contribution is 0.0161. The van der Waals surface area contributed by atoms with Crippen molar-refractivity contribution in [2.75, 3.05) is 19.6 Å². The Morgan fingerprint density at radius 3 is 1.88 bits per heavy atom. The average molecular weight is 445 g/mol. The third-order valence-corrected chi connectivity index (χ3v) is 5.99. The van der Waals surface area contributed by atoms with Crippen LogP contribution in [0.25, 0.3) is 0 Å². The fraction of sp³-hybridized carbons (Fsp3) is 0.321. The van der Waals surface area contributed by atoms with Gasteiger partial charge in [-0.3, -0.25) is 4.90 Å². The normalized spacial score (nSPS) is 18.3. The van der Waals surface area contributed by atoms with Gasteiger partial charge in [-0.1, -0.05) is 91.0 Å². The molecule has 2 unspecified atom stereocenters. The number of aliphatic hydroxyl groups is 1. The molecule has 5 nitrogen and oxygen atoms in total. The number of ether oxygens (including phenoxy) is 1. The average Bonchev–Trinajstić information content (AvgIpc) is 2.84. The Kier molecular flexibility index (Phi) is 8.12. The molecule has 1 saturated heterocycles. The van der Waals surface area contributed by atoms with Crippen LogP contribution >= 0.6 is 0 Å². The Balaban J connectivity index is 1.39. The molecule has 1 aliphatic heterocycles. The Morgan fingerprint density at radius 1 is 0.818 bits per heavy atom. The fourth-order valence-corrected chi connectivity index (χ4v) is 4.50. The molecule has 1 heterocycles. The molecule has 3 aromatic rings. The highest BCUT2D eigenvalue weighted by atomic mass is 16.6. The quantitative estimate of drug-likeness (QED) is 0.547. The molecular formula is C28H32N2O3. The van der Waals surface area contributed by atoms with Crippen LogP contribution in [0.4, 0.5) is 4.79 Å². The molecule has 172 valence electrons. The summed E-state index contributed by atoms with van der Waals surface area (Å²) in [5.74, 6) is 0.172. The second-order valence-electron chi connectivity index (χ2n) is 8.84. The van der Waals surface area contributed by atoms with Gasteiger partial charge in [0, 0.05) is 32.7 Å². The summed E-state index contributed by atoms with van der Waals surface area (Å²) in [5.41, 5.74) is 3.46. The third-order valence-electron chi connectivity index (χ3n) is 5.99. The number of rotatable bonds is 8. The topological polar surface area (TPSA) is 53.0 Å². The van der Waals surface area contributed by atoms with Gasteiger partial charge < -0.3 is 14.7 Å². The third kappa shape index (κ3) is 7.17. The number of benzene rings is 3. The molecule has 5 heteroatoms. The standard InChI is InChI=1S/C28H32N2O3/c31-27-16-26(20-30(21-27)28(32)33-22-25-14-8-3-9-15-25)19-29(17-23-10-4-1-5-11-23)18-24-12-6-2-7-13-24/h1-15,26-27,31H,16-22H2. The lowest BCUT2D eigenvalue weighted by Gasteiger charge is -2.37. The van der Waals surface area contributed by atoms with Crippen molar-refractivity contribution in [1.29, 1.82) is 0 Å². The number of hydrogen-bond acceptors (Lipinski definition) is 4. The summed E-state index contributed by atoms with van der Waals surface area (Å²) < 4.78 is 5.52. The predicted molar refractivity (Wildman–Crippen MR) is 129 cm³/mol. The van der Waals surface area contributed by atoms with Crippen molar-refractivity contribution < 1.29 is 14.6 Å². The van der Waals surface area contributed by atoms with Crippen molar-refractivity contribution >= 4 is 6.09 Å². The molecule has 0 radical (unpaired) electrons. The molecule has 0 bridgehead atoms. The van der Waals surface area contributed by atoms with Crippen LogP contribution in [0.3, 0.4) is 0 Å². The zero-order chi connectivity index (χ0) is 22.9. The summed E-state index contributed by atoms with van der Waals surface area (Å²) >= 11 is 0. The summed E-state index contributed by atoms with van der Waals surface area (Å²) in [6.45, 7) is 3.59. The van der Waals surface area contributed by atoms with E-state index in [0.717, 1.165) is 25.2 Å². The smallest absolute Gasteiger partial charge is 0.410 e. The van der Waals surface area contributed by atoms with E-state index in [9.17, 15) is 9.90 Å². The van der Waals surface area contributed by atoms with Gasteiger partial charge >= 0.3 is 6.09 Å². The van der Waals surface area contributed by atoms with E-state index in [1.165, 1.54) is 11.1 Å². The van der Waals surface area contributed by atoms with Gasteiger partial charge in [0.15, 0.2) is 0 Å².